The molecule has 1 aromatic carbocycles. The Morgan fingerprint density at radius 3 is 2.45 bits per heavy atom. The molecule has 10 heteroatoms. The lowest BCUT2D eigenvalue weighted by molar-refractivity contribution is 0.0990. The lowest BCUT2D eigenvalue weighted by atomic mass is 10.1. The van der Waals surface area contributed by atoms with Gasteiger partial charge in [-0.3, -0.25) is 4.79 Å². The molecule has 1 N–H and O–H groups in total. The summed E-state index contributed by atoms with van der Waals surface area (Å²) < 4.78 is 0. The maximum Gasteiger partial charge on any atom is 0.279 e. The fourth-order valence-corrected chi connectivity index (χ4v) is 5.19. The Bertz CT molecular complexity index is 1220. The van der Waals surface area contributed by atoms with Crippen molar-refractivity contribution in [1.82, 2.24) is 19.9 Å². The highest BCUT2D eigenvalue weighted by Crippen LogP contribution is 2.41. The topological polar surface area (TPSA) is 80.7 Å². The van der Waals surface area contributed by atoms with Crippen molar-refractivity contribution >= 4 is 51.1 Å². The second-order valence-corrected chi connectivity index (χ2v) is 9.81. The molecule has 0 bridgehead atoms. The lowest BCUT2D eigenvalue weighted by Gasteiger charge is -2.35. The summed E-state index contributed by atoms with van der Waals surface area (Å²) in [6, 6.07) is 6.36. The number of hydrogen-bond acceptors (Lipinski definition) is 9. The zero-order valence-electron chi connectivity index (χ0n) is 19.6. The molecule has 1 saturated heterocycles. The van der Waals surface area contributed by atoms with Gasteiger partial charge in [0.1, 0.15) is 10.7 Å². The van der Waals surface area contributed by atoms with Gasteiger partial charge in [-0.1, -0.05) is 0 Å². The first-order valence-corrected chi connectivity index (χ1v) is 11.8. The highest BCUT2D eigenvalue weighted by Gasteiger charge is 2.32. The van der Waals surface area contributed by atoms with E-state index >= 15 is 0 Å². The van der Waals surface area contributed by atoms with Gasteiger partial charge in [0.25, 0.3) is 5.91 Å². The minimum atomic E-state index is -0.153. The van der Waals surface area contributed by atoms with Gasteiger partial charge in [0.05, 0.1) is 11.2 Å². The maximum atomic E-state index is 12.9. The predicted octanol–water partition coefficient (Wildman–Crippen LogP) is 3.40. The fraction of sp³-hybridized carbons (Fsp3) is 0.391. The molecular weight excluding hydrogens is 436 g/mol. The van der Waals surface area contributed by atoms with E-state index in [0.717, 1.165) is 41.9 Å². The molecule has 0 aliphatic carbocycles. The number of thiazole rings is 1. The summed E-state index contributed by atoms with van der Waals surface area (Å²) in [6.45, 7) is 8.27. The highest BCUT2D eigenvalue weighted by molar-refractivity contribution is 7.16. The molecule has 0 saturated carbocycles. The Morgan fingerprint density at radius 1 is 0.970 bits per heavy atom. The van der Waals surface area contributed by atoms with Gasteiger partial charge in [0.15, 0.2) is 11.5 Å². The Kier molecular flexibility index (Phi) is 5.41. The van der Waals surface area contributed by atoms with Crippen molar-refractivity contribution < 1.29 is 4.79 Å². The second-order valence-electron chi connectivity index (χ2n) is 8.63. The van der Waals surface area contributed by atoms with Crippen molar-refractivity contribution in [3.8, 4) is 0 Å². The van der Waals surface area contributed by atoms with Crippen LogP contribution in [0.2, 0.25) is 0 Å². The van der Waals surface area contributed by atoms with Gasteiger partial charge < -0.3 is 24.9 Å². The van der Waals surface area contributed by atoms with Crippen molar-refractivity contribution in [3.63, 3.8) is 0 Å². The number of aryl methyl sites for hydroxylation is 2. The van der Waals surface area contributed by atoms with Gasteiger partial charge in [-0.2, -0.15) is 4.98 Å². The molecule has 0 spiro atoms. The number of carbonyl (C=O) groups excluding carboxylic acids is 1. The van der Waals surface area contributed by atoms with E-state index in [1.165, 1.54) is 22.6 Å². The van der Waals surface area contributed by atoms with Gasteiger partial charge in [-0.05, 0) is 44.7 Å². The van der Waals surface area contributed by atoms with Gasteiger partial charge in [-0.15, -0.1) is 11.3 Å². The zero-order valence-corrected chi connectivity index (χ0v) is 20.4. The summed E-state index contributed by atoms with van der Waals surface area (Å²) in [5.41, 5.74) is 4.51. The van der Waals surface area contributed by atoms with Crippen LogP contribution in [0.1, 0.15) is 21.1 Å². The molecule has 1 amide bonds. The Hall–Kier alpha value is -3.24. The molecule has 2 aromatic heterocycles. The van der Waals surface area contributed by atoms with Crippen LogP contribution in [-0.2, 0) is 0 Å². The zero-order chi connectivity index (χ0) is 23.3. The van der Waals surface area contributed by atoms with Crippen LogP contribution < -0.4 is 20.0 Å². The first kappa shape index (κ1) is 21.6. The normalized spacial score (nSPS) is 16.5. The van der Waals surface area contributed by atoms with Crippen LogP contribution in [0.25, 0.3) is 0 Å². The van der Waals surface area contributed by atoms with Gasteiger partial charge in [0, 0.05) is 51.6 Å². The number of amides is 1. The molecule has 33 heavy (non-hydrogen) atoms. The van der Waals surface area contributed by atoms with E-state index in [0.29, 0.717) is 23.1 Å². The van der Waals surface area contributed by atoms with Crippen LogP contribution in [0, 0.1) is 13.8 Å². The maximum absolute atomic E-state index is 12.9. The highest BCUT2D eigenvalue weighted by atomic mass is 32.1. The minimum absolute atomic E-state index is 0.153. The quantitative estimate of drug-likeness (QED) is 0.632. The van der Waals surface area contributed by atoms with Crippen LogP contribution in [0.5, 0.6) is 0 Å². The third-order valence-corrected chi connectivity index (χ3v) is 7.30. The summed E-state index contributed by atoms with van der Waals surface area (Å²) >= 11 is 1.49. The van der Waals surface area contributed by atoms with Crippen molar-refractivity contribution in [2.45, 2.75) is 13.8 Å². The molecule has 0 atom stereocenters. The van der Waals surface area contributed by atoms with Crippen LogP contribution in [0.15, 0.2) is 24.4 Å². The van der Waals surface area contributed by atoms with Crippen molar-refractivity contribution in [3.05, 3.63) is 40.7 Å². The number of nitrogens with one attached hydrogen (secondary N) is 1. The Morgan fingerprint density at radius 2 is 1.73 bits per heavy atom. The molecule has 2 aliphatic heterocycles. The molecule has 0 radical (unpaired) electrons. The summed E-state index contributed by atoms with van der Waals surface area (Å²) in [6.07, 6.45) is 1.69. The third-order valence-electron chi connectivity index (χ3n) is 6.25. The van der Waals surface area contributed by atoms with E-state index in [9.17, 15) is 4.79 Å². The summed E-state index contributed by atoms with van der Waals surface area (Å²) in [5.74, 6) is 0.994. The van der Waals surface area contributed by atoms with Gasteiger partial charge in [0.2, 0.25) is 5.95 Å². The molecule has 0 unspecified atom stereocenters. The molecule has 9 nitrogen and oxygen atoms in total. The smallest absolute Gasteiger partial charge is 0.279 e. The average molecular weight is 465 g/mol. The van der Waals surface area contributed by atoms with E-state index in [1.54, 1.807) is 18.1 Å². The van der Waals surface area contributed by atoms with E-state index in [-0.39, 0.29) is 5.91 Å². The van der Waals surface area contributed by atoms with E-state index in [1.807, 2.05) is 18.9 Å². The number of benzene rings is 1. The number of anilines is 6. The number of aromatic nitrogens is 3. The Balaban J connectivity index is 1.42. The second kappa shape index (κ2) is 8.27. The number of carbonyl (C=O) groups is 1. The van der Waals surface area contributed by atoms with Crippen LogP contribution >= 0.6 is 11.3 Å². The van der Waals surface area contributed by atoms with Crippen molar-refractivity contribution in [2.24, 2.45) is 0 Å². The van der Waals surface area contributed by atoms with E-state index < -0.39 is 0 Å². The number of nitrogens with zero attached hydrogens (tertiary/aromatic N) is 7. The molecule has 4 heterocycles. The van der Waals surface area contributed by atoms with Crippen molar-refractivity contribution in [2.75, 3.05) is 67.3 Å². The molecule has 3 aromatic rings. The predicted molar refractivity (Wildman–Crippen MR) is 134 cm³/mol. The number of fused-ring (bicyclic) bond motifs is 2. The number of piperazine rings is 1. The van der Waals surface area contributed by atoms with E-state index in [2.05, 4.69) is 57.3 Å². The minimum Gasteiger partial charge on any atom is -0.369 e. The number of rotatable bonds is 3. The van der Waals surface area contributed by atoms with Crippen LogP contribution in [0.4, 0.5) is 33.8 Å². The van der Waals surface area contributed by atoms with Crippen LogP contribution in [0.3, 0.4) is 0 Å². The molecule has 2 aliphatic rings. The Labute approximate surface area is 197 Å². The number of hydrogen-bond donors (Lipinski definition) is 1. The van der Waals surface area contributed by atoms with Crippen molar-refractivity contribution in [1.29, 1.82) is 0 Å². The molecule has 1 fully saturated rings. The summed E-state index contributed by atoms with van der Waals surface area (Å²) in [7, 11) is 5.81. The first-order chi connectivity index (χ1) is 15.8. The third kappa shape index (κ3) is 3.89. The largest absolute Gasteiger partial charge is 0.369 e. The average Bonchev–Trinajstić information content (AvgIpc) is 3.17. The van der Waals surface area contributed by atoms with Gasteiger partial charge >= 0.3 is 0 Å². The van der Waals surface area contributed by atoms with Gasteiger partial charge in [-0.25, -0.2) is 9.97 Å². The molecule has 5 rings (SSSR count). The van der Waals surface area contributed by atoms with Crippen LogP contribution in [-0.4, -0.2) is 73.1 Å². The monoisotopic (exact) mass is 464 g/mol. The lowest BCUT2D eigenvalue weighted by Crippen LogP contribution is -2.44. The summed E-state index contributed by atoms with van der Waals surface area (Å²) in [4.78, 5) is 34.9. The molecular formula is C23H28N8OS. The SMILES string of the molecule is Cc1nc2c(s1)N(C)c1nc(Nc3ccc(N4CCN(C)CC4)c(C)c3)ncc1N(C)C2=O. The first-order valence-electron chi connectivity index (χ1n) is 11.0. The standard InChI is InChI=1S/C23H28N8OS/c1-14-12-16(6-7-17(14)31-10-8-28(3)9-11-31)26-23-24-13-18-20(27-23)30(5)22-19(21(32)29(18)4)25-15(2)33-22/h6-7,12-13H,8-11H2,1-5H3,(H,24,26,27). The fourth-order valence-electron chi connectivity index (χ4n) is 4.32. The van der Waals surface area contributed by atoms with E-state index in [4.69, 9.17) is 4.98 Å². The molecule has 172 valence electrons. The number of likely N-dealkylation sites (N-methyl/N-ethyl adjacent to an activating group) is 1. The summed E-state index contributed by atoms with van der Waals surface area (Å²) in [5, 5.41) is 4.98.